The van der Waals surface area contributed by atoms with Crippen molar-refractivity contribution in [3.05, 3.63) is 29.2 Å². The van der Waals surface area contributed by atoms with Gasteiger partial charge in [-0.1, -0.05) is 0 Å². The minimum Gasteiger partial charge on any atom is -0.356 e. The van der Waals surface area contributed by atoms with E-state index in [4.69, 9.17) is 9.97 Å². The predicted octanol–water partition coefficient (Wildman–Crippen LogP) is 2.80. The van der Waals surface area contributed by atoms with E-state index in [1.807, 2.05) is 6.20 Å². The SMILES string of the molecule is Cc1nc(N2CCCC2)nc(N2CCC[C@H](c3ccn[nH]3)C2)c1C. The average molecular weight is 326 g/mol. The lowest BCUT2D eigenvalue weighted by molar-refractivity contribution is 0.497. The normalized spacial score (nSPS) is 21.5. The van der Waals surface area contributed by atoms with Crippen molar-refractivity contribution in [2.75, 3.05) is 36.0 Å². The highest BCUT2D eigenvalue weighted by molar-refractivity contribution is 5.53. The molecule has 2 aromatic rings. The second kappa shape index (κ2) is 6.42. The van der Waals surface area contributed by atoms with Gasteiger partial charge in [0.15, 0.2) is 0 Å². The van der Waals surface area contributed by atoms with Crippen LogP contribution in [0.4, 0.5) is 11.8 Å². The van der Waals surface area contributed by atoms with Crippen LogP contribution in [-0.2, 0) is 0 Å². The summed E-state index contributed by atoms with van der Waals surface area (Å²) in [5.41, 5.74) is 3.55. The van der Waals surface area contributed by atoms with E-state index in [0.717, 1.165) is 43.6 Å². The molecule has 0 unspecified atom stereocenters. The Labute approximate surface area is 143 Å². The van der Waals surface area contributed by atoms with Crippen LogP contribution < -0.4 is 9.80 Å². The van der Waals surface area contributed by atoms with Crippen molar-refractivity contribution in [3.8, 4) is 0 Å². The number of H-pyrrole nitrogens is 1. The zero-order valence-corrected chi connectivity index (χ0v) is 14.6. The molecule has 0 spiro atoms. The van der Waals surface area contributed by atoms with Crippen LogP contribution in [0.2, 0.25) is 0 Å². The fourth-order valence-corrected chi connectivity index (χ4v) is 3.88. The number of piperidine rings is 1. The molecule has 2 aromatic heterocycles. The molecule has 0 saturated carbocycles. The molecule has 24 heavy (non-hydrogen) atoms. The summed E-state index contributed by atoms with van der Waals surface area (Å²) in [6.45, 7) is 8.49. The minimum absolute atomic E-state index is 0.506. The molecule has 0 aromatic carbocycles. The third-order valence-corrected chi connectivity index (χ3v) is 5.42. The zero-order chi connectivity index (χ0) is 16.5. The van der Waals surface area contributed by atoms with E-state index in [1.54, 1.807) is 0 Å². The van der Waals surface area contributed by atoms with Crippen molar-refractivity contribution in [1.29, 1.82) is 0 Å². The van der Waals surface area contributed by atoms with Gasteiger partial charge in [0.05, 0.1) is 0 Å². The van der Waals surface area contributed by atoms with Gasteiger partial charge in [-0.05, 0) is 45.6 Å². The Morgan fingerprint density at radius 3 is 2.58 bits per heavy atom. The average Bonchev–Trinajstić information content (AvgIpc) is 3.31. The maximum Gasteiger partial charge on any atom is 0.227 e. The van der Waals surface area contributed by atoms with E-state index in [9.17, 15) is 0 Å². The highest BCUT2D eigenvalue weighted by Crippen LogP contribution is 2.31. The van der Waals surface area contributed by atoms with Crippen molar-refractivity contribution in [2.45, 2.75) is 45.4 Å². The molecule has 6 nitrogen and oxygen atoms in total. The van der Waals surface area contributed by atoms with Gasteiger partial charge < -0.3 is 9.80 Å². The van der Waals surface area contributed by atoms with Gasteiger partial charge >= 0.3 is 0 Å². The van der Waals surface area contributed by atoms with Gasteiger partial charge in [0, 0.05) is 55.2 Å². The van der Waals surface area contributed by atoms with Crippen LogP contribution in [-0.4, -0.2) is 46.3 Å². The first kappa shape index (κ1) is 15.4. The van der Waals surface area contributed by atoms with Gasteiger partial charge in [0.2, 0.25) is 5.95 Å². The summed E-state index contributed by atoms with van der Waals surface area (Å²) >= 11 is 0. The van der Waals surface area contributed by atoms with Crippen molar-refractivity contribution in [2.24, 2.45) is 0 Å². The Kier molecular flexibility index (Phi) is 4.12. The number of anilines is 2. The fraction of sp³-hybridized carbons (Fsp3) is 0.611. The number of aryl methyl sites for hydroxylation is 1. The van der Waals surface area contributed by atoms with Crippen LogP contribution in [0.1, 0.15) is 48.6 Å². The van der Waals surface area contributed by atoms with Gasteiger partial charge in [-0.3, -0.25) is 5.10 Å². The number of hydrogen-bond acceptors (Lipinski definition) is 5. The smallest absolute Gasteiger partial charge is 0.227 e. The second-order valence-electron chi connectivity index (χ2n) is 7.05. The van der Waals surface area contributed by atoms with Crippen LogP contribution in [0.5, 0.6) is 0 Å². The van der Waals surface area contributed by atoms with Gasteiger partial charge in [-0.15, -0.1) is 0 Å². The Bertz CT molecular complexity index is 690. The van der Waals surface area contributed by atoms with Crippen molar-refractivity contribution >= 4 is 11.8 Å². The van der Waals surface area contributed by atoms with E-state index in [2.05, 4.69) is 39.9 Å². The van der Waals surface area contributed by atoms with Gasteiger partial charge in [0.1, 0.15) is 5.82 Å². The molecule has 2 saturated heterocycles. The van der Waals surface area contributed by atoms with Crippen molar-refractivity contribution < 1.29 is 0 Å². The van der Waals surface area contributed by atoms with Crippen LogP contribution >= 0.6 is 0 Å². The molecule has 0 amide bonds. The molecule has 0 radical (unpaired) electrons. The highest BCUT2D eigenvalue weighted by Gasteiger charge is 2.26. The topological polar surface area (TPSA) is 60.9 Å². The lowest BCUT2D eigenvalue weighted by atomic mass is 9.94. The van der Waals surface area contributed by atoms with E-state index in [-0.39, 0.29) is 0 Å². The standard InChI is InChI=1S/C18H26N6/c1-13-14(2)20-18(23-9-3-4-10-23)21-17(13)24-11-5-6-15(12-24)16-7-8-19-22-16/h7-8,15H,3-6,9-12H2,1-2H3,(H,19,22)/t15-/m0/s1. The van der Waals surface area contributed by atoms with Crippen molar-refractivity contribution in [1.82, 2.24) is 20.2 Å². The second-order valence-corrected chi connectivity index (χ2v) is 7.05. The maximum atomic E-state index is 4.97. The minimum atomic E-state index is 0.506. The summed E-state index contributed by atoms with van der Waals surface area (Å²) in [5, 5.41) is 7.26. The summed E-state index contributed by atoms with van der Waals surface area (Å²) in [5.74, 6) is 2.54. The Balaban J connectivity index is 1.62. The van der Waals surface area contributed by atoms with Gasteiger partial charge in [-0.2, -0.15) is 10.1 Å². The molecular weight excluding hydrogens is 300 g/mol. The molecule has 2 fully saturated rings. The summed E-state index contributed by atoms with van der Waals surface area (Å²) in [6.07, 6.45) is 6.74. The number of nitrogens with zero attached hydrogens (tertiary/aromatic N) is 5. The molecule has 1 atom stereocenters. The lowest BCUT2D eigenvalue weighted by Gasteiger charge is -2.34. The molecule has 0 aliphatic carbocycles. The number of hydrogen-bond donors (Lipinski definition) is 1. The number of rotatable bonds is 3. The number of aromatic nitrogens is 4. The van der Waals surface area contributed by atoms with E-state index < -0.39 is 0 Å². The van der Waals surface area contributed by atoms with E-state index in [1.165, 1.54) is 36.9 Å². The largest absolute Gasteiger partial charge is 0.356 e. The van der Waals surface area contributed by atoms with Crippen molar-refractivity contribution in [3.63, 3.8) is 0 Å². The predicted molar refractivity (Wildman–Crippen MR) is 95.7 cm³/mol. The quantitative estimate of drug-likeness (QED) is 0.940. The molecule has 4 heterocycles. The Morgan fingerprint density at radius 1 is 1.04 bits per heavy atom. The first-order valence-electron chi connectivity index (χ1n) is 9.07. The molecule has 128 valence electrons. The Morgan fingerprint density at radius 2 is 1.83 bits per heavy atom. The third kappa shape index (κ3) is 2.85. The summed E-state index contributed by atoms with van der Waals surface area (Å²) in [7, 11) is 0. The number of aromatic amines is 1. The molecule has 0 bridgehead atoms. The highest BCUT2D eigenvalue weighted by atomic mass is 15.3. The van der Waals surface area contributed by atoms with Crippen LogP contribution in [0, 0.1) is 13.8 Å². The molecular formula is C18H26N6. The third-order valence-electron chi connectivity index (χ3n) is 5.42. The maximum absolute atomic E-state index is 4.97. The first-order valence-corrected chi connectivity index (χ1v) is 9.07. The van der Waals surface area contributed by atoms with E-state index in [0.29, 0.717) is 5.92 Å². The number of nitrogens with one attached hydrogen (secondary N) is 1. The Hall–Kier alpha value is -2.11. The molecule has 6 heteroatoms. The molecule has 2 aliphatic rings. The fourth-order valence-electron chi connectivity index (χ4n) is 3.88. The molecule has 4 rings (SSSR count). The summed E-state index contributed by atoms with van der Waals surface area (Å²) < 4.78 is 0. The molecule has 1 N–H and O–H groups in total. The molecule has 2 aliphatic heterocycles. The van der Waals surface area contributed by atoms with Crippen LogP contribution in [0.3, 0.4) is 0 Å². The van der Waals surface area contributed by atoms with Gasteiger partial charge in [-0.25, -0.2) is 4.98 Å². The summed E-state index contributed by atoms with van der Waals surface area (Å²) in [6, 6.07) is 2.10. The first-order chi connectivity index (χ1) is 11.7. The van der Waals surface area contributed by atoms with E-state index >= 15 is 0 Å². The van der Waals surface area contributed by atoms with Crippen LogP contribution in [0.15, 0.2) is 12.3 Å². The zero-order valence-electron chi connectivity index (χ0n) is 14.6. The summed E-state index contributed by atoms with van der Waals surface area (Å²) in [4.78, 5) is 14.5. The van der Waals surface area contributed by atoms with Crippen LogP contribution in [0.25, 0.3) is 0 Å². The lowest BCUT2D eigenvalue weighted by Crippen LogP contribution is -2.36. The van der Waals surface area contributed by atoms with Gasteiger partial charge in [0.25, 0.3) is 0 Å². The monoisotopic (exact) mass is 326 g/mol.